The van der Waals surface area contributed by atoms with E-state index in [1.165, 1.54) is 6.20 Å². The summed E-state index contributed by atoms with van der Waals surface area (Å²) in [5, 5.41) is 9.76. The third kappa shape index (κ3) is 5.67. The lowest BCUT2D eigenvalue weighted by atomic mass is 10.3. The zero-order valence-electron chi connectivity index (χ0n) is 12.7. The van der Waals surface area contributed by atoms with Crippen molar-refractivity contribution in [2.75, 3.05) is 13.2 Å². The van der Waals surface area contributed by atoms with Crippen LogP contribution in [0.15, 0.2) is 42.9 Å². The predicted molar refractivity (Wildman–Crippen MR) is 81.1 cm³/mol. The number of rotatable bonds is 8. The Morgan fingerprint density at radius 1 is 1.14 bits per heavy atom. The highest BCUT2D eigenvalue weighted by atomic mass is 16.5. The van der Waals surface area contributed by atoms with Crippen LogP contribution in [0.5, 0.6) is 17.4 Å². The van der Waals surface area contributed by atoms with Crippen molar-refractivity contribution >= 4 is 0 Å². The second-order valence-corrected chi connectivity index (χ2v) is 4.97. The third-order valence-corrected chi connectivity index (χ3v) is 2.63. The minimum Gasteiger partial charge on any atom is -0.491 e. The molecule has 2 aromatic rings. The fourth-order valence-electron chi connectivity index (χ4n) is 1.63. The van der Waals surface area contributed by atoms with Crippen LogP contribution in [0.2, 0.25) is 0 Å². The molecule has 0 fully saturated rings. The van der Waals surface area contributed by atoms with E-state index in [4.69, 9.17) is 14.2 Å². The van der Waals surface area contributed by atoms with Gasteiger partial charge < -0.3 is 19.3 Å². The van der Waals surface area contributed by atoms with Gasteiger partial charge in [0.15, 0.2) is 0 Å². The van der Waals surface area contributed by atoms with E-state index >= 15 is 0 Å². The van der Waals surface area contributed by atoms with Gasteiger partial charge in [0, 0.05) is 18.5 Å². The fraction of sp³-hybridized carbons (Fsp3) is 0.375. The van der Waals surface area contributed by atoms with E-state index in [1.54, 1.807) is 36.7 Å². The molecule has 1 N–H and O–H groups in total. The van der Waals surface area contributed by atoms with E-state index in [2.05, 4.69) is 9.97 Å². The van der Waals surface area contributed by atoms with Gasteiger partial charge in [0.1, 0.15) is 24.2 Å². The van der Waals surface area contributed by atoms with Gasteiger partial charge in [-0.1, -0.05) is 6.07 Å². The third-order valence-electron chi connectivity index (χ3n) is 2.63. The second-order valence-electron chi connectivity index (χ2n) is 4.97. The molecule has 2 rings (SSSR count). The van der Waals surface area contributed by atoms with Crippen LogP contribution in [-0.2, 0) is 4.74 Å². The van der Waals surface area contributed by atoms with Crippen molar-refractivity contribution in [1.29, 1.82) is 0 Å². The molecule has 22 heavy (non-hydrogen) atoms. The van der Waals surface area contributed by atoms with Crippen LogP contribution in [0.25, 0.3) is 0 Å². The number of aliphatic hydroxyl groups is 1. The van der Waals surface area contributed by atoms with Gasteiger partial charge in [-0.3, -0.25) is 4.98 Å². The van der Waals surface area contributed by atoms with Crippen molar-refractivity contribution in [3.63, 3.8) is 0 Å². The quantitative estimate of drug-likeness (QED) is 0.807. The molecule has 1 unspecified atom stereocenters. The normalized spacial score (nSPS) is 12.2. The number of nitrogens with zero attached hydrogens (tertiary/aromatic N) is 2. The molecule has 6 nitrogen and oxygen atoms in total. The second kappa shape index (κ2) is 8.31. The number of aliphatic hydroxyl groups excluding tert-OH is 1. The highest BCUT2D eigenvalue weighted by molar-refractivity contribution is 5.34. The summed E-state index contributed by atoms with van der Waals surface area (Å²) in [5.41, 5.74) is 0. The largest absolute Gasteiger partial charge is 0.491 e. The first-order valence-electron chi connectivity index (χ1n) is 7.10. The molecule has 0 spiro atoms. The van der Waals surface area contributed by atoms with E-state index in [0.717, 1.165) is 0 Å². The number of hydrogen-bond donors (Lipinski definition) is 1. The van der Waals surface area contributed by atoms with Crippen LogP contribution >= 0.6 is 0 Å². The van der Waals surface area contributed by atoms with Crippen molar-refractivity contribution in [3.05, 3.63) is 42.9 Å². The van der Waals surface area contributed by atoms with Crippen LogP contribution in [0.3, 0.4) is 0 Å². The smallest absolute Gasteiger partial charge is 0.237 e. The molecule has 0 amide bonds. The zero-order valence-corrected chi connectivity index (χ0v) is 12.7. The van der Waals surface area contributed by atoms with Gasteiger partial charge in [-0.2, -0.15) is 0 Å². The van der Waals surface area contributed by atoms with Crippen LogP contribution in [0, 0.1) is 0 Å². The molecule has 1 aromatic carbocycles. The predicted octanol–water partition coefficient (Wildman–Crippen LogP) is 2.43. The first-order chi connectivity index (χ1) is 10.6. The number of benzene rings is 1. The molecule has 1 heterocycles. The molecule has 0 saturated heterocycles. The summed E-state index contributed by atoms with van der Waals surface area (Å²) in [5.74, 6) is 1.60. The van der Waals surface area contributed by atoms with Crippen molar-refractivity contribution < 1.29 is 19.3 Å². The molecule has 0 bridgehead atoms. The lowest BCUT2D eigenvalue weighted by Crippen LogP contribution is -2.25. The van der Waals surface area contributed by atoms with Gasteiger partial charge in [0.2, 0.25) is 5.88 Å². The monoisotopic (exact) mass is 304 g/mol. The molecular formula is C16H20N2O4. The molecule has 0 aliphatic heterocycles. The number of ether oxygens (including phenoxy) is 3. The van der Waals surface area contributed by atoms with Gasteiger partial charge in [0.05, 0.1) is 18.9 Å². The number of hydrogen-bond acceptors (Lipinski definition) is 6. The maximum atomic E-state index is 9.76. The van der Waals surface area contributed by atoms with Gasteiger partial charge in [-0.05, 0) is 26.0 Å². The summed E-state index contributed by atoms with van der Waals surface area (Å²) in [6, 6.07) is 7.11. The van der Waals surface area contributed by atoms with Gasteiger partial charge in [-0.25, -0.2) is 4.98 Å². The summed E-state index contributed by atoms with van der Waals surface area (Å²) in [6.45, 7) is 4.23. The highest BCUT2D eigenvalue weighted by Crippen LogP contribution is 2.23. The number of aromatic nitrogens is 2. The van der Waals surface area contributed by atoms with Crippen LogP contribution in [-0.4, -0.2) is 40.5 Å². The Morgan fingerprint density at radius 3 is 2.68 bits per heavy atom. The Morgan fingerprint density at radius 2 is 1.95 bits per heavy atom. The van der Waals surface area contributed by atoms with Crippen molar-refractivity contribution in [3.8, 4) is 17.4 Å². The average molecular weight is 304 g/mol. The lowest BCUT2D eigenvalue weighted by molar-refractivity contribution is -0.0123. The Balaban J connectivity index is 1.86. The molecule has 6 heteroatoms. The summed E-state index contributed by atoms with van der Waals surface area (Å²) in [4.78, 5) is 7.97. The van der Waals surface area contributed by atoms with Gasteiger partial charge in [-0.15, -0.1) is 0 Å². The summed E-state index contributed by atoms with van der Waals surface area (Å²) >= 11 is 0. The maximum absolute atomic E-state index is 9.76. The molecule has 0 aliphatic rings. The fourth-order valence-corrected chi connectivity index (χ4v) is 1.63. The molecule has 0 radical (unpaired) electrons. The van der Waals surface area contributed by atoms with Crippen molar-refractivity contribution in [1.82, 2.24) is 9.97 Å². The van der Waals surface area contributed by atoms with E-state index in [9.17, 15) is 5.11 Å². The van der Waals surface area contributed by atoms with Crippen LogP contribution in [0.4, 0.5) is 0 Å². The van der Waals surface area contributed by atoms with Gasteiger partial charge in [0.25, 0.3) is 0 Å². The SMILES string of the molecule is CC(C)OCC(O)COc1cccc(Oc2cnccn2)c1. The van der Waals surface area contributed by atoms with Crippen molar-refractivity contribution in [2.24, 2.45) is 0 Å². The van der Waals surface area contributed by atoms with E-state index in [-0.39, 0.29) is 19.3 Å². The Kier molecular flexibility index (Phi) is 6.12. The van der Waals surface area contributed by atoms with Gasteiger partial charge >= 0.3 is 0 Å². The zero-order chi connectivity index (χ0) is 15.8. The molecule has 1 aromatic heterocycles. The summed E-state index contributed by atoms with van der Waals surface area (Å²) in [7, 11) is 0. The molecule has 118 valence electrons. The van der Waals surface area contributed by atoms with E-state index in [0.29, 0.717) is 17.4 Å². The van der Waals surface area contributed by atoms with Crippen LogP contribution in [0.1, 0.15) is 13.8 Å². The summed E-state index contributed by atoms with van der Waals surface area (Å²) < 4.78 is 16.4. The topological polar surface area (TPSA) is 73.7 Å². The van der Waals surface area contributed by atoms with Crippen LogP contribution < -0.4 is 9.47 Å². The van der Waals surface area contributed by atoms with E-state index in [1.807, 2.05) is 13.8 Å². The molecule has 1 atom stereocenters. The summed E-state index contributed by atoms with van der Waals surface area (Å²) in [6.07, 6.45) is 4.07. The first kappa shape index (κ1) is 16.2. The maximum Gasteiger partial charge on any atom is 0.237 e. The van der Waals surface area contributed by atoms with E-state index < -0.39 is 6.10 Å². The standard InChI is InChI=1S/C16H20N2O4/c1-12(2)20-10-13(19)11-21-14-4-3-5-15(8-14)22-16-9-17-6-7-18-16/h3-9,12-13,19H,10-11H2,1-2H3. The minimum atomic E-state index is -0.674. The average Bonchev–Trinajstić information content (AvgIpc) is 2.52. The Labute approximate surface area is 129 Å². The Hall–Kier alpha value is -2.18. The first-order valence-corrected chi connectivity index (χ1v) is 7.10. The molecular weight excluding hydrogens is 284 g/mol. The molecule has 0 saturated carbocycles. The minimum absolute atomic E-state index is 0.0818. The lowest BCUT2D eigenvalue weighted by Gasteiger charge is -2.14. The highest BCUT2D eigenvalue weighted by Gasteiger charge is 2.07. The van der Waals surface area contributed by atoms with Crippen molar-refractivity contribution in [2.45, 2.75) is 26.1 Å². The molecule has 0 aliphatic carbocycles. The Bertz CT molecular complexity index is 563.